The monoisotopic (exact) mass is 260 g/mol. The lowest BCUT2D eigenvalue weighted by Crippen LogP contribution is -2.32. The largest absolute Gasteiger partial charge is 0.384 e. The summed E-state index contributed by atoms with van der Waals surface area (Å²) in [7, 11) is 0. The molecule has 6 heteroatoms. The van der Waals surface area contributed by atoms with Gasteiger partial charge in [0.25, 0.3) is 0 Å². The first-order valence-electron chi connectivity index (χ1n) is 6.51. The molecule has 2 atom stereocenters. The third-order valence-electron chi connectivity index (χ3n) is 3.90. The van der Waals surface area contributed by atoms with Crippen molar-refractivity contribution in [3.63, 3.8) is 0 Å². The van der Waals surface area contributed by atoms with Crippen molar-refractivity contribution in [3.8, 4) is 0 Å². The van der Waals surface area contributed by atoms with Crippen LogP contribution in [0.2, 0.25) is 0 Å². The minimum absolute atomic E-state index is 0.0730. The maximum absolute atomic E-state index is 12.2. The van der Waals surface area contributed by atoms with Crippen LogP contribution in [0.1, 0.15) is 30.8 Å². The van der Waals surface area contributed by atoms with Gasteiger partial charge in [0, 0.05) is 11.8 Å². The number of nitrogens with zero attached hydrogens (tertiary/aromatic N) is 3. The highest BCUT2D eigenvalue weighted by molar-refractivity contribution is 6.05. The smallest absolute Gasteiger partial charge is 0.233 e. The molecule has 1 saturated carbocycles. The summed E-state index contributed by atoms with van der Waals surface area (Å²) < 4.78 is 0. The normalized spacial score (nSPS) is 26.1. The molecule has 2 fully saturated rings. The van der Waals surface area contributed by atoms with E-state index in [0.29, 0.717) is 11.6 Å². The van der Waals surface area contributed by atoms with Gasteiger partial charge < -0.3 is 5.73 Å². The summed E-state index contributed by atoms with van der Waals surface area (Å²) in [5.74, 6) is 0.414. The molecule has 2 aliphatic rings. The Labute approximate surface area is 111 Å². The van der Waals surface area contributed by atoms with Crippen LogP contribution in [0.15, 0.2) is 6.07 Å². The summed E-state index contributed by atoms with van der Waals surface area (Å²) in [4.78, 5) is 34.0. The minimum atomic E-state index is -0.116. The minimum Gasteiger partial charge on any atom is -0.384 e. The number of carbonyl (C=O) groups is 2. The molecule has 2 heterocycles. The van der Waals surface area contributed by atoms with Gasteiger partial charge in [0.05, 0.1) is 18.4 Å². The van der Waals surface area contributed by atoms with Crippen LogP contribution in [0, 0.1) is 18.8 Å². The predicted molar refractivity (Wildman–Crippen MR) is 67.6 cm³/mol. The van der Waals surface area contributed by atoms with E-state index < -0.39 is 0 Å². The third-order valence-corrected chi connectivity index (χ3v) is 3.90. The maximum atomic E-state index is 12.2. The first-order chi connectivity index (χ1) is 9.06. The van der Waals surface area contributed by atoms with Crippen molar-refractivity contribution in [2.75, 3.05) is 5.73 Å². The molecular weight excluding hydrogens is 244 g/mol. The lowest BCUT2D eigenvalue weighted by atomic mass is 10.00. The fourth-order valence-electron chi connectivity index (χ4n) is 3.08. The molecule has 100 valence electrons. The molecule has 6 nitrogen and oxygen atoms in total. The molecule has 0 bridgehead atoms. The van der Waals surface area contributed by atoms with Crippen molar-refractivity contribution < 1.29 is 9.59 Å². The van der Waals surface area contributed by atoms with Crippen molar-refractivity contribution >= 4 is 17.6 Å². The van der Waals surface area contributed by atoms with Crippen LogP contribution in [0.3, 0.4) is 0 Å². The first-order valence-corrected chi connectivity index (χ1v) is 6.51. The van der Waals surface area contributed by atoms with Gasteiger partial charge in [-0.2, -0.15) is 0 Å². The molecule has 1 aliphatic heterocycles. The van der Waals surface area contributed by atoms with Crippen molar-refractivity contribution in [2.24, 2.45) is 11.8 Å². The van der Waals surface area contributed by atoms with E-state index in [4.69, 9.17) is 5.73 Å². The molecule has 1 saturated heterocycles. The summed E-state index contributed by atoms with van der Waals surface area (Å²) in [6, 6.07) is 1.66. The highest BCUT2D eigenvalue weighted by Crippen LogP contribution is 2.40. The second kappa shape index (κ2) is 4.29. The van der Waals surface area contributed by atoms with E-state index in [1.54, 1.807) is 6.07 Å². The molecule has 2 amide bonds. The summed E-state index contributed by atoms with van der Waals surface area (Å²) in [5.41, 5.74) is 6.39. The lowest BCUT2D eigenvalue weighted by molar-refractivity contribution is -0.141. The number of imide groups is 1. The zero-order chi connectivity index (χ0) is 13.6. The second-order valence-corrected chi connectivity index (χ2v) is 5.26. The van der Waals surface area contributed by atoms with Crippen LogP contribution in [0.5, 0.6) is 0 Å². The number of hydrogen-bond acceptors (Lipinski definition) is 5. The Morgan fingerprint density at radius 2 is 1.89 bits per heavy atom. The molecular formula is C13H16N4O2. The zero-order valence-electron chi connectivity index (χ0n) is 10.8. The van der Waals surface area contributed by atoms with Gasteiger partial charge in [-0.25, -0.2) is 9.97 Å². The van der Waals surface area contributed by atoms with E-state index >= 15 is 0 Å². The number of anilines is 1. The Balaban J connectivity index is 1.83. The zero-order valence-corrected chi connectivity index (χ0v) is 10.8. The van der Waals surface area contributed by atoms with E-state index in [-0.39, 0.29) is 30.2 Å². The average Bonchev–Trinajstić information content (AvgIpc) is 2.88. The number of fused-ring (bicyclic) bond motifs is 1. The molecule has 3 rings (SSSR count). The molecule has 0 radical (unpaired) electrons. The number of aromatic nitrogens is 2. The number of aryl methyl sites for hydroxylation is 1. The Kier molecular flexibility index (Phi) is 2.73. The predicted octanol–water partition coefficient (Wildman–Crippen LogP) is 0.652. The van der Waals surface area contributed by atoms with Gasteiger partial charge in [0.2, 0.25) is 11.8 Å². The van der Waals surface area contributed by atoms with Gasteiger partial charge in [0.1, 0.15) is 5.82 Å². The van der Waals surface area contributed by atoms with Crippen LogP contribution < -0.4 is 5.73 Å². The summed E-state index contributed by atoms with van der Waals surface area (Å²) in [6.07, 6.45) is 2.61. The first kappa shape index (κ1) is 12.1. The van der Waals surface area contributed by atoms with Gasteiger partial charge in [-0.1, -0.05) is 6.42 Å². The fraction of sp³-hybridized carbons (Fsp3) is 0.538. The Bertz CT molecular complexity index is 515. The van der Waals surface area contributed by atoms with Crippen LogP contribution in [0.25, 0.3) is 0 Å². The molecule has 1 aromatic rings. The SMILES string of the molecule is Cc1cc(N)nc(CN2C(=O)C3CCCC3C2=O)n1. The van der Waals surface area contributed by atoms with E-state index in [9.17, 15) is 9.59 Å². The highest BCUT2D eigenvalue weighted by Gasteiger charge is 2.49. The number of hydrogen-bond donors (Lipinski definition) is 1. The quantitative estimate of drug-likeness (QED) is 0.789. The van der Waals surface area contributed by atoms with E-state index in [2.05, 4.69) is 9.97 Å². The number of rotatable bonds is 2. The Hall–Kier alpha value is -1.98. The van der Waals surface area contributed by atoms with Crippen molar-refractivity contribution in [1.82, 2.24) is 14.9 Å². The fourth-order valence-corrected chi connectivity index (χ4v) is 3.08. The summed E-state index contributed by atoms with van der Waals surface area (Å²) in [5, 5.41) is 0. The van der Waals surface area contributed by atoms with Crippen molar-refractivity contribution in [3.05, 3.63) is 17.6 Å². The molecule has 2 N–H and O–H groups in total. The topological polar surface area (TPSA) is 89.2 Å². The van der Waals surface area contributed by atoms with Crippen molar-refractivity contribution in [2.45, 2.75) is 32.7 Å². The van der Waals surface area contributed by atoms with Gasteiger partial charge in [0.15, 0.2) is 5.82 Å². The molecule has 2 unspecified atom stereocenters. The van der Waals surface area contributed by atoms with E-state index in [1.165, 1.54) is 4.90 Å². The maximum Gasteiger partial charge on any atom is 0.233 e. The van der Waals surface area contributed by atoms with Crippen LogP contribution in [-0.2, 0) is 16.1 Å². The van der Waals surface area contributed by atoms with Crippen LogP contribution in [-0.4, -0.2) is 26.7 Å². The van der Waals surface area contributed by atoms with Gasteiger partial charge in [-0.3, -0.25) is 14.5 Å². The van der Waals surface area contributed by atoms with Gasteiger partial charge in [-0.15, -0.1) is 0 Å². The Morgan fingerprint density at radius 3 is 2.47 bits per heavy atom. The summed E-state index contributed by atoms with van der Waals surface area (Å²) in [6.45, 7) is 1.94. The van der Waals surface area contributed by atoms with E-state index in [1.807, 2.05) is 6.92 Å². The third kappa shape index (κ3) is 1.97. The highest BCUT2D eigenvalue weighted by atomic mass is 16.2. The van der Waals surface area contributed by atoms with Crippen LogP contribution in [0.4, 0.5) is 5.82 Å². The number of nitrogen functional groups attached to an aromatic ring is 1. The van der Waals surface area contributed by atoms with Crippen molar-refractivity contribution in [1.29, 1.82) is 0 Å². The molecule has 0 aromatic carbocycles. The Morgan fingerprint density at radius 1 is 1.26 bits per heavy atom. The molecule has 19 heavy (non-hydrogen) atoms. The van der Waals surface area contributed by atoms with Gasteiger partial charge in [-0.05, 0) is 19.8 Å². The average molecular weight is 260 g/mol. The summed E-state index contributed by atoms with van der Waals surface area (Å²) >= 11 is 0. The number of nitrogens with two attached hydrogens (primary N) is 1. The van der Waals surface area contributed by atoms with Gasteiger partial charge >= 0.3 is 0 Å². The van der Waals surface area contributed by atoms with Crippen LogP contribution >= 0.6 is 0 Å². The number of likely N-dealkylation sites (tertiary alicyclic amines) is 1. The number of carbonyl (C=O) groups excluding carboxylic acids is 2. The van der Waals surface area contributed by atoms with E-state index in [0.717, 1.165) is 25.0 Å². The molecule has 0 spiro atoms. The second-order valence-electron chi connectivity index (χ2n) is 5.26. The molecule has 1 aliphatic carbocycles. The molecule has 1 aromatic heterocycles. The lowest BCUT2D eigenvalue weighted by Gasteiger charge is -2.15. The standard InChI is InChI=1S/C13H16N4O2/c1-7-5-10(14)16-11(15-7)6-17-12(18)8-3-2-4-9(8)13(17)19/h5,8-9H,2-4,6H2,1H3,(H2,14,15,16). The number of amides is 2.